The number of carbonyl (C=O) groups excluding carboxylic acids is 1. The predicted octanol–water partition coefficient (Wildman–Crippen LogP) is 6.70. The van der Waals surface area contributed by atoms with Gasteiger partial charge in [-0.3, -0.25) is 4.79 Å². The maximum Gasteiger partial charge on any atom is 0.262 e. The summed E-state index contributed by atoms with van der Waals surface area (Å²) in [4.78, 5) is 12.2. The van der Waals surface area contributed by atoms with Crippen LogP contribution in [0.4, 0.5) is 11.4 Å². The van der Waals surface area contributed by atoms with Crippen molar-refractivity contribution in [2.75, 3.05) is 24.4 Å². The summed E-state index contributed by atoms with van der Waals surface area (Å²) in [7, 11) is 1.55. The Kier molecular flexibility index (Phi) is 8.07. The van der Waals surface area contributed by atoms with Crippen molar-refractivity contribution in [1.82, 2.24) is 0 Å². The molecule has 0 bridgehead atoms. The third-order valence-corrected chi connectivity index (χ3v) is 5.91. The lowest BCUT2D eigenvalue weighted by Gasteiger charge is -2.15. The van der Waals surface area contributed by atoms with Crippen molar-refractivity contribution in [3.05, 3.63) is 80.2 Å². The fraction of sp³-hybridized carbons (Fsp3) is 0.174. The summed E-state index contributed by atoms with van der Waals surface area (Å²) < 4.78 is 12.0. The molecule has 3 rings (SSSR count). The molecule has 8 heteroatoms. The number of hydrogen-bond acceptors (Lipinski definition) is 4. The van der Waals surface area contributed by atoms with Crippen molar-refractivity contribution in [1.29, 1.82) is 0 Å². The summed E-state index contributed by atoms with van der Waals surface area (Å²) in [6.45, 7) is 2.36. The van der Waals surface area contributed by atoms with E-state index in [1.165, 1.54) is 0 Å². The quantitative estimate of drug-likeness (QED) is 0.344. The lowest BCUT2D eigenvalue weighted by molar-refractivity contribution is -0.118. The molecular formula is C23H21BrCl2N2O3. The fourth-order valence-electron chi connectivity index (χ4n) is 2.77. The number of nitrogens with one attached hydrogen (secondary N) is 2. The molecule has 5 nitrogen and oxygen atoms in total. The number of ether oxygens (including phenoxy) is 2. The van der Waals surface area contributed by atoms with Gasteiger partial charge >= 0.3 is 0 Å². The molecule has 1 amide bonds. The Morgan fingerprint density at radius 2 is 1.68 bits per heavy atom. The number of aryl methyl sites for hydroxylation is 1. The van der Waals surface area contributed by atoms with Gasteiger partial charge in [-0.05, 0) is 55.0 Å². The predicted molar refractivity (Wildman–Crippen MR) is 130 cm³/mol. The molecular weight excluding hydrogens is 503 g/mol. The van der Waals surface area contributed by atoms with Gasteiger partial charge in [0.1, 0.15) is 0 Å². The average Bonchev–Trinajstić information content (AvgIpc) is 2.75. The lowest BCUT2D eigenvalue weighted by Crippen LogP contribution is -2.20. The third-order valence-electron chi connectivity index (χ3n) is 4.43. The molecule has 0 heterocycles. The first-order valence-electron chi connectivity index (χ1n) is 9.40. The molecule has 3 aromatic rings. The van der Waals surface area contributed by atoms with Crippen LogP contribution in [-0.2, 0) is 11.3 Å². The van der Waals surface area contributed by atoms with Gasteiger partial charge in [-0.1, -0.05) is 56.8 Å². The SMILES string of the molecule is COc1cc(CNc2ccc(Cl)c(Cl)c2)c(Br)cc1OCC(=O)Nc1ccc(C)cc1. The van der Waals surface area contributed by atoms with E-state index in [-0.39, 0.29) is 12.5 Å². The molecule has 31 heavy (non-hydrogen) atoms. The van der Waals surface area contributed by atoms with Crippen molar-refractivity contribution >= 4 is 56.4 Å². The lowest BCUT2D eigenvalue weighted by atomic mass is 10.2. The van der Waals surface area contributed by atoms with Crippen LogP contribution in [0.2, 0.25) is 10.0 Å². The molecule has 0 radical (unpaired) electrons. The van der Waals surface area contributed by atoms with E-state index in [1.807, 2.05) is 43.3 Å². The number of hydrogen-bond donors (Lipinski definition) is 2. The van der Waals surface area contributed by atoms with Crippen LogP contribution in [0.25, 0.3) is 0 Å². The highest BCUT2D eigenvalue weighted by Gasteiger charge is 2.13. The van der Waals surface area contributed by atoms with Crippen LogP contribution in [0.1, 0.15) is 11.1 Å². The Morgan fingerprint density at radius 3 is 2.35 bits per heavy atom. The fourth-order valence-corrected chi connectivity index (χ4v) is 3.53. The minimum atomic E-state index is -0.257. The summed E-state index contributed by atoms with van der Waals surface area (Å²) in [5, 5.41) is 7.08. The molecule has 162 valence electrons. The number of amides is 1. The number of halogens is 3. The Labute approximate surface area is 199 Å². The number of rotatable bonds is 8. The zero-order valence-corrected chi connectivity index (χ0v) is 20.1. The minimum absolute atomic E-state index is 0.141. The van der Waals surface area contributed by atoms with Crippen LogP contribution < -0.4 is 20.1 Å². The molecule has 0 aliphatic rings. The van der Waals surface area contributed by atoms with Crippen molar-refractivity contribution in [3.63, 3.8) is 0 Å². The van der Waals surface area contributed by atoms with Gasteiger partial charge < -0.3 is 20.1 Å². The van der Waals surface area contributed by atoms with Gasteiger partial charge in [-0.2, -0.15) is 0 Å². The van der Waals surface area contributed by atoms with E-state index in [9.17, 15) is 4.79 Å². The van der Waals surface area contributed by atoms with E-state index in [4.69, 9.17) is 32.7 Å². The average molecular weight is 524 g/mol. The van der Waals surface area contributed by atoms with Crippen molar-refractivity contribution in [2.45, 2.75) is 13.5 Å². The first kappa shape index (κ1) is 23.3. The number of anilines is 2. The molecule has 3 aromatic carbocycles. The van der Waals surface area contributed by atoms with E-state index >= 15 is 0 Å². The molecule has 2 N–H and O–H groups in total. The summed E-state index contributed by atoms with van der Waals surface area (Å²) in [6, 6.07) is 16.5. The second kappa shape index (κ2) is 10.8. The Morgan fingerprint density at radius 1 is 0.968 bits per heavy atom. The summed E-state index contributed by atoms with van der Waals surface area (Å²) >= 11 is 15.6. The van der Waals surface area contributed by atoms with Crippen molar-refractivity contribution in [2.24, 2.45) is 0 Å². The Hall–Kier alpha value is -2.41. The second-order valence-corrected chi connectivity index (χ2v) is 8.45. The van der Waals surface area contributed by atoms with Gasteiger partial charge in [0.15, 0.2) is 18.1 Å². The molecule has 0 spiro atoms. The van der Waals surface area contributed by atoms with Crippen molar-refractivity contribution in [3.8, 4) is 11.5 Å². The smallest absolute Gasteiger partial charge is 0.262 e. The van der Waals surface area contributed by atoms with Crippen LogP contribution >= 0.6 is 39.1 Å². The molecule has 0 fully saturated rings. The zero-order valence-electron chi connectivity index (χ0n) is 17.0. The molecule has 0 unspecified atom stereocenters. The van der Waals surface area contributed by atoms with E-state index in [0.29, 0.717) is 28.1 Å². The second-order valence-electron chi connectivity index (χ2n) is 6.78. The number of carbonyl (C=O) groups is 1. The van der Waals surface area contributed by atoms with Gasteiger partial charge in [0.2, 0.25) is 0 Å². The van der Waals surface area contributed by atoms with E-state index in [2.05, 4.69) is 26.6 Å². The first-order chi connectivity index (χ1) is 14.9. The largest absolute Gasteiger partial charge is 0.493 e. The van der Waals surface area contributed by atoms with Gasteiger partial charge in [-0.25, -0.2) is 0 Å². The Bertz CT molecular complexity index is 1080. The van der Waals surface area contributed by atoms with Crippen LogP contribution in [0.3, 0.4) is 0 Å². The number of methoxy groups -OCH3 is 1. The van der Waals surface area contributed by atoms with Gasteiger partial charge in [0.25, 0.3) is 5.91 Å². The summed E-state index contributed by atoms with van der Waals surface area (Å²) in [6.07, 6.45) is 0. The Balaban J connectivity index is 1.63. The van der Waals surface area contributed by atoms with Crippen LogP contribution in [0, 0.1) is 6.92 Å². The zero-order chi connectivity index (χ0) is 22.4. The normalized spacial score (nSPS) is 10.5. The molecule has 0 atom stereocenters. The van der Waals surface area contributed by atoms with Crippen LogP contribution in [0.15, 0.2) is 59.1 Å². The number of benzene rings is 3. The topological polar surface area (TPSA) is 59.6 Å². The van der Waals surface area contributed by atoms with E-state index in [0.717, 1.165) is 27.0 Å². The maximum absolute atomic E-state index is 12.2. The molecule has 0 saturated heterocycles. The van der Waals surface area contributed by atoms with Crippen molar-refractivity contribution < 1.29 is 14.3 Å². The van der Waals surface area contributed by atoms with Gasteiger partial charge in [-0.15, -0.1) is 0 Å². The van der Waals surface area contributed by atoms with E-state index < -0.39 is 0 Å². The molecule has 0 aliphatic carbocycles. The minimum Gasteiger partial charge on any atom is -0.493 e. The maximum atomic E-state index is 12.2. The van der Waals surface area contributed by atoms with E-state index in [1.54, 1.807) is 25.3 Å². The third kappa shape index (κ3) is 6.53. The monoisotopic (exact) mass is 522 g/mol. The summed E-state index contributed by atoms with van der Waals surface area (Å²) in [5.41, 5.74) is 3.63. The highest BCUT2D eigenvalue weighted by Crippen LogP contribution is 2.34. The molecule has 0 saturated carbocycles. The highest BCUT2D eigenvalue weighted by atomic mass is 79.9. The highest BCUT2D eigenvalue weighted by molar-refractivity contribution is 9.10. The molecule has 0 aliphatic heterocycles. The molecule has 0 aromatic heterocycles. The van der Waals surface area contributed by atoms with Crippen LogP contribution in [0.5, 0.6) is 11.5 Å². The van der Waals surface area contributed by atoms with Gasteiger partial charge in [0.05, 0.1) is 17.2 Å². The summed E-state index contributed by atoms with van der Waals surface area (Å²) in [5.74, 6) is 0.733. The van der Waals surface area contributed by atoms with Crippen LogP contribution in [-0.4, -0.2) is 19.6 Å². The first-order valence-corrected chi connectivity index (χ1v) is 10.9. The standard InChI is InChI=1S/C23H21BrCl2N2O3/c1-14-3-5-16(6-4-14)28-23(29)13-31-22-11-18(24)15(9-21(22)30-2)12-27-17-7-8-19(25)20(26)10-17/h3-11,27H,12-13H2,1-2H3,(H,28,29). The van der Waals surface area contributed by atoms with Gasteiger partial charge in [0, 0.05) is 22.4 Å².